The van der Waals surface area contributed by atoms with Crippen LogP contribution in [0.3, 0.4) is 0 Å². The van der Waals surface area contributed by atoms with Gasteiger partial charge in [0.25, 0.3) is 11.6 Å². The summed E-state index contributed by atoms with van der Waals surface area (Å²) < 4.78 is 27.4. The highest BCUT2D eigenvalue weighted by atomic mass is 32.2. The molecule has 0 saturated carbocycles. The number of fused-ring (bicyclic) bond motifs is 1. The molecule has 1 amide bonds. The molecule has 2 aliphatic heterocycles. The number of aryl methyl sites for hydroxylation is 1. The molecular formula is C21H23N3O5S. The van der Waals surface area contributed by atoms with Crippen molar-refractivity contribution < 1.29 is 18.1 Å². The van der Waals surface area contributed by atoms with E-state index in [1.54, 1.807) is 42.2 Å². The van der Waals surface area contributed by atoms with Gasteiger partial charge in [-0.1, -0.05) is 12.5 Å². The molecular weight excluding hydrogens is 406 g/mol. The molecule has 2 aromatic carbocycles. The number of sulfonamides is 1. The van der Waals surface area contributed by atoms with Gasteiger partial charge >= 0.3 is 0 Å². The first kappa shape index (κ1) is 20.5. The van der Waals surface area contributed by atoms with Crippen LogP contribution >= 0.6 is 0 Å². The number of anilines is 1. The third-order valence-electron chi connectivity index (χ3n) is 5.80. The molecule has 8 nitrogen and oxygen atoms in total. The highest BCUT2D eigenvalue weighted by Gasteiger charge is 2.31. The van der Waals surface area contributed by atoms with E-state index in [-0.39, 0.29) is 22.1 Å². The number of nitro benzene ring substituents is 1. The number of rotatable bonds is 4. The molecule has 2 aromatic rings. The monoisotopic (exact) mass is 429 g/mol. The summed E-state index contributed by atoms with van der Waals surface area (Å²) in [7, 11) is -3.54. The normalized spacial score (nSPS) is 17.0. The Bertz CT molecular complexity index is 1120. The maximum absolute atomic E-state index is 13.0. The standard InChI is InChI=1S/C21H23N3O5S/c1-15-5-6-17(14-20(15)24(26)27)21(25)23-12-9-16-13-18(7-8-19(16)23)30(28,29)22-10-3-2-4-11-22/h5-8,13-14H,2-4,9-12H2,1H3. The van der Waals surface area contributed by atoms with E-state index >= 15 is 0 Å². The fourth-order valence-electron chi connectivity index (χ4n) is 4.10. The average molecular weight is 429 g/mol. The fourth-order valence-corrected chi connectivity index (χ4v) is 5.67. The van der Waals surface area contributed by atoms with Gasteiger partial charge in [-0.3, -0.25) is 14.9 Å². The molecule has 9 heteroatoms. The molecule has 0 spiro atoms. The SMILES string of the molecule is Cc1ccc(C(=O)N2CCc3cc(S(=O)(=O)N4CCCCC4)ccc32)cc1[N+](=O)[O-]. The van der Waals surface area contributed by atoms with Gasteiger partial charge in [-0.2, -0.15) is 4.31 Å². The lowest BCUT2D eigenvalue weighted by Gasteiger charge is -2.26. The second kappa shape index (κ2) is 7.81. The van der Waals surface area contributed by atoms with Crippen LogP contribution in [0, 0.1) is 17.0 Å². The van der Waals surface area contributed by atoms with Crippen molar-refractivity contribution in [1.82, 2.24) is 4.31 Å². The van der Waals surface area contributed by atoms with Crippen LogP contribution < -0.4 is 4.90 Å². The predicted octanol–water partition coefficient (Wildman–Crippen LogP) is 3.28. The maximum atomic E-state index is 13.0. The largest absolute Gasteiger partial charge is 0.308 e. The zero-order valence-corrected chi connectivity index (χ0v) is 17.5. The first-order chi connectivity index (χ1) is 14.3. The second-order valence-electron chi connectivity index (χ2n) is 7.72. The van der Waals surface area contributed by atoms with Gasteiger partial charge in [-0.05, 0) is 56.0 Å². The van der Waals surface area contributed by atoms with Crippen LogP contribution in [0.15, 0.2) is 41.3 Å². The number of carbonyl (C=O) groups excluding carboxylic acids is 1. The van der Waals surface area contributed by atoms with Crippen molar-refractivity contribution in [3.8, 4) is 0 Å². The summed E-state index contributed by atoms with van der Waals surface area (Å²) >= 11 is 0. The minimum atomic E-state index is -3.54. The maximum Gasteiger partial charge on any atom is 0.273 e. The Morgan fingerprint density at radius 3 is 2.47 bits per heavy atom. The van der Waals surface area contributed by atoms with Gasteiger partial charge in [0.1, 0.15) is 0 Å². The summed E-state index contributed by atoms with van der Waals surface area (Å²) in [6.45, 7) is 3.11. The first-order valence-electron chi connectivity index (χ1n) is 9.99. The summed E-state index contributed by atoms with van der Waals surface area (Å²) in [5.74, 6) is -0.330. The van der Waals surface area contributed by atoms with Gasteiger partial charge in [0.05, 0.1) is 9.82 Å². The molecule has 1 saturated heterocycles. The van der Waals surface area contributed by atoms with Crippen molar-refractivity contribution >= 4 is 27.3 Å². The molecule has 0 unspecified atom stereocenters. The molecule has 0 bridgehead atoms. The molecule has 2 heterocycles. The van der Waals surface area contributed by atoms with Crippen molar-refractivity contribution in [2.75, 3.05) is 24.5 Å². The highest BCUT2D eigenvalue weighted by Crippen LogP contribution is 2.33. The minimum Gasteiger partial charge on any atom is -0.308 e. The van der Waals surface area contributed by atoms with E-state index < -0.39 is 14.9 Å². The lowest BCUT2D eigenvalue weighted by atomic mass is 10.1. The number of hydrogen-bond acceptors (Lipinski definition) is 5. The number of hydrogen-bond donors (Lipinski definition) is 0. The van der Waals surface area contributed by atoms with Gasteiger partial charge in [-0.15, -0.1) is 0 Å². The molecule has 158 valence electrons. The van der Waals surface area contributed by atoms with Gasteiger partial charge in [0, 0.05) is 42.5 Å². The number of nitro groups is 1. The van der Waals surface area contributed by atoms with Crippen molar-refractivity contribution in [2.45, 2.75) is 37.5 Å². The van der Waals surface area contributed by atoms with Crippen LogP contribution in [0.1, 0.15) is 40.7 Å². The van der Waals surface area contributed by atoms with E-state index in [2.05, 4.69) is 0 Å². The summed E-state index contributed by atoms with van der Waals surface area (Å²) in [4.78, 5) is 25.5. The average Bonchev–Trinajstić information content (AvgIpc) is 3.17. The molecule has 0 atom stereocenters. The lowest BCUT2D eigenvalue weighted by molar-refractivity contribution is -0.385. The van der Waals surface area contributed by atoms with Crippen LogP contribution in [0.2, 0.25) is 0 Å². The van der Waals surface area contributed by atoms with Gasteiger partial charge in [0.15, 0.2) is 0 Å². The fraction of sp³-hybridized carbons (Fsp3) is 0.381. The molecule has 4 rings (SSSR count). The van der Waals surface area contributed by atoms with E-state index in [0.29, 0.717) is 37.3 Å². The number of carbonyl (C=O) groups is 1. The lowest BCUT2D eigenvalue weighted by Crippen LogP contribution is -2.35. The third-order valence-corrected chi connectivity index (χ3v) is 7.69. The first-order valence-corrected chi connectivity index (χ1v) is 11.4. The third kappa shape index (κ3) is 3.59. The van der Waals surface area contributed by atoms with Crippen LogP contribution in [0.4, 0.5) is 11.4 Å². The van der Waals surface area contributed by atoms with E-state index in [9.17, 15) is 23.3 Å². The van der Waals surface area contributed by atoms with E-state index in [1.165, 1.54) is 10.4 Å². The Morgan fingerprint density at radius 1 is 1.03 bits per heavy atom. The van der Waals surface area contributed by atoms with Crippen molar-refractivity contribution in [2.24, 2.45) is 0 Å². The molecule has 0 aliphatic carbocycles. The van der Waals surface area contributed by atoms with E-state index in [4.69, 9.17) is 0 Å². The van der Waals surface area contributed by atoms with Gasteiger partial charge in [-0.25, -0.2) is 8.42 Å². The molecule has 0 aromatic heterocycles. The van der Waals surface area contributed by atoms with E-state index in [1.807, 2.05) is 0 Å². The molecule has 30 heavy (non-hydrogen) atoms. The second-order valence-corrected chi connectivity index (χ2v) is 9.66. The zero-order chi connectivity index (χ0) is 21.5. The summed E-state index contributed by atoms with van der Waals surface area (Å²) in [5.41, 5.74) is 2.09. The Morgan fingerprint density at radius 2 is 1.77 bits per heavy atom. The van der Waals surface area contributed by atoms with Crippen molar-refractivity contribution in [3.05, 3.63) is 63.2 Å². The number of piperidine rings is 1. The number of nitrogens with zero attached hydrogens (tertiary/aromatic N) is 3. The van der Waals surface area contributed by atoms with Crippen LogP contribution in [-0.2, 0) is 16.4 Å². The Hall–Kier alpha value is -2.78. The zero-order valence-electron chi connectivity index (χ0n) is 16.7. The molecule has 1 fully saturated rings. The Labute approximate surface area is 175 Å². The van der Waals surface area contributed by atoms with Crippen molar-refractivity contribution in [3.63, 3.8) is 0 Å². The van der Waals surface area contributed by atoms with Crippen molar-refractivity contribution in [1.29, 1.82) is 0 Å². The number of benzene rings is 2. The van der Waals surface area contributed by atoms with Crippen LogP contribution in [-0.4, -0.2) is 43.2 Å². The molecule has 0 radical (unpaired) electrons. The summed E-state index contributed by atoms with van der Waals surface area (Å²) in [6, 6.07) is 9.31. The summed E-state index contributed by atoms with van der Waals surface area (Å²) in [6.07, 6.45) is 3.33. The highest BCUT2D eigenvalue weighted by molar-refractivity contribution is 7.89. The number of amides is 1. The van der Waals surface area contributed by atoms with Crippen LogP contribution in [0.25, 0.3) is 0 Å². The van der Waals surface area contributed by atoms with E-state index in [0.717, 1.165) is 24.8 Å². The Kier molecular flexibility index (Phi) is 5.33. The Balaban J connectivity index is 1.62. The smallest absolute Gasteiger partial charge is 0.273 e. The topological polar surface area (TPSA) is 101 Å². The van der Waals surface area contributed by atoms with Gasteiger partial charge < -0.3 is 4.90 Å². The predicted molar refractivity (Wildman–Crippen MR) is 112 cm³/mol. The quantitative estimate of drug-likeness (QED) is 0.548. The minimum absolute atomic E-state index is 0.0942. The molecule has 2 aliphatic rings. The summed E-state index contributed by atoms with van der Waals surface area (Å²) in [5, 5.41) is 11.2. The molecule has 0 N–H and O–H groups in total. The van der Waals surface area contributed by atoms with Gasteiger partial charge in [0.2, 0.25) is 10.0 Å². The van der Waals surface area contributed by atoms with Crippen LogP contribution in [0.5, 0.6) is 0 Å².